The van der Waals surface area contributed by atoms with Crippen molar-refractivity contribution in [3.05, 3.63) is 11.8 Å². The van der Waals surface area contributed by atoms with Crippen LogP contribution < -0.4 is 5.32 Å². The summed E-state index contributed by atoms with van der Waals surface area (Å²) in [5, 5.41) is 11.7. The lowest BCUT2D eigenvalue weighted by molar-refractivity contribution is -0.117. The minimum Gasteiger partial charge on any atom is -0.383 e. The molecular weight excluding hydrogens is 242 g/mol. The molecule has 1 aliphatic rings. The largest absolute Gasteiger partial charge is 0.383 e. The number of methoxy groups -OCH3 is 1. The lowest BCUT2D eigenvalue weighted by atomic mass is 9.94. The summed E-state index contributed by atoms with van der Waals surface area (Å²) in [6.45, 7) is 0.865. The van der Waals surface area contributed by atoms with E-state index in [1.807, 2.05) is 18.0 Å². The van der Waals surface area contributed by atoms with Gasteiger partial charge < -0.3 is 15.0 Å². The van der Waals surface area contributed by atoms with E-state index in [0.29, 0.717) is 19.2 Å². The number of rotatable bonds is 6. The average Bonchev–Trinajstić information content (AvgIpc) is 2.45. The Morgan fingerprint density at radius 1 is 1.47 bits per heavy atom. The van der Waals surface area contributed by atoms with Gasteiger partial charge in [-0.05, 0) is 12.8 Å². The van der Waals surface area contributed by atoms with Crippen LogP contribution >= 0.6 is 0 Å². The van der Waals surface area contributed by atoms with E-state index >= 15 is 0 Å². The van der Waals surface area contributed by atoms with Gasteiger partial charge in [-0.25, -0.2) is 0 Å². The predicted molar refractivity (Wildman–Crippen MR) is 73.2 cm³/mol. The van der Waals surface area contributed by atoms with Crippen molar-refractivity contribution < 1.29 is 9.53 Å². The zero-order valence-corrected chi connectivity index (χ0v) is 11.8. The normalized spacial score (nSPS) is 16.8. The van der Waals surface area contributed by atoms with Crippen LogP contribution in [0, 0.1) is 11.3 Å². The van der Waals surface area contributed by atoms with E-state index in [0.717, 1.165) is 12.8 Å². The highest BCUT2D eigenvalue weighted by Crippen LogP contribution is 2.22. The molecule has 1 saturated carbocycles. The second-order valence-electron chi connectivity index (χ2n) is 4.86. The number of hydrogen-bond donors (Lipinski definition) is 1. The van der Waals surface area contributed by atoms with Gasteiger partial charge in [0.25, 0.3) is 5.91 Å². The molecule has 0 aromatic rings. The molecule has 1 N–H and O–H groups in total. The van der Waals surface area contributed by atoms with Crippen LogP contribution in [0.1, 0.15) is 32.1 Å². The van der Waals surface area contributed by atoms with E-state index in [1.165, 1.54) is 19.3 Å². The smallest absolute Gasteiger partial charge is 0.263 e. The molecule has 106 valence electrons. The fraction of sp³-hybridized carbons (Fsp3) is 0.714. The van der Waals surface area contributed by atoms with Crippen LogP contribution in [0.4, 0.5) is 0 Å². The van der Waals surface area contributed by atoms with E-state index in [2.05, 4.69) is 5.32 Å². The third-order valence-corrected chi connectivity index (χ3v) is 3.44. The van der Waals surface area contributed by atoms with E-state index in [-0.39, 0.29) is 11.5 Å². The first kappa shape index (κ1) is 15.5. The summed E-state index contributed by atoms with van der Waals surface area (Å²) in [6, 6.07) is 2.41. The lowest BCUT2D eigenvalue weighted by Crippen LogP contribution is -2.32. The molecule has 0 aliphatic heterocycles. The van der Waals surface area contributed by atoms with Gasteiger partial charge in [0.1, 0.15) is 11.6 Å². The molecule has 5 nitrogen and oxygen atoms in total. The monoisotopic (exact) mass is 265 g/mol. The first-order valence-electron chi connectivity index (χ1n) is 6.80. The van der Waals surface area contributed by atoms with Gasteiger partial charge in [-0.1, -0.05) is 19.3 Å². The lowest BCUT2D eigenvalue weighted by Gasteiger charge is -2.30. The molecule has 1 fully saturated rings. The quantitative estimate of drug-likeness (QED) is 0.448. The number of carbonyl (C=O) groups is 1. The number of nitriles is 1. The number of ether oxygens (including phenoxy) is 1. The molecule has 1 rings (SSSR count). The first-order chi connectivity index (χ1) is 9.19. The van der Waals surface area contributed by atoms with Crippen molar-refractivity contribution >= 4 is 5.91 Å². The van der Waals surface area contributed by atoms with Crippen LogP contribution in [0.2, 0.25) is 0 Å². The topological polar surface area (TPSA) is 65.4 Å². The maximum atomic E-state index is 11.8. The van der Waals surface area contributed by atoms with Crippen molar-refractivity contribution in [2.75, 3.05) is 27.3 Å². The van der Waals surface area contributed by atoms with Crippen LogP contribution in [0.3, 0.4) is 0 Å². The molecular formula is C14H23N3O2. The second kappa shape index (κ2) is 8.54. The summed E-state index contributed by atoms with van der Waals surface area (Å²) in [6.07, 6.45) is 7.68. The van der Waals surface area contributed by atoms with E-state index in [1.54, 1.807) is 13.3 Å². The zero-order valence-electron chi connectivity index (χ0n) is 11.8. The van der Waals surface area contributed by atoms with Crippen molar-refractivity contribution in [3.8, 4) is 6.07 Å². The number of nitrogens with zero attached hydrogens (tertiary/aromatic N) is 2. The molecule has 1 aliphatic carbocycles. The minimum absolute atomic E-state index is 0.157. The molecule has 0 bridgehead atoms. The molecule has 0 spiro atoms. The molecule has 5 heteroatoms. The molecule has 0 aromatic heterocycles. The average molecular weight is 265 g/mol. The van der Waals surface area contributed by atoms with Gasteiger partial charge >= 0.3 is 0 Å². The van der Waals surface area contributed by atoms with Crippen LogP contribution in [-0.2, 0) is 9.53 Å². The van der Waals surface area contributed by atoms with Gasteiger partial charge in [-0.3, -0.25) is 4.79 Å². The Hall–Kier alpha value is -1.54. The Bertz CT molecular complexity index is 354. The summed E-state index contributed by atoms with van der Waals surface area (Å²) >= 11 is 0. The molecule has 1 amide bonds. The third-order valence-electron chi connectivity index (χ3n) is 3.44. The minimum atomic E-state index is -0.331. The number of amides is 1. The second-order valence-corrected chi connectivity index (χ2v) is 4.86. The van der Waals surface area contributed by atoms with Gasteiger partial charge in [0.05, 0.1) is 6.61 Å². The van der Waals surface area contributed by atoms with Gasteiger partial charge in [0, 0.05) is 32.9 Å². The molecule has 0 heterocycles. The Labute approximate surface area is 115 Å². The highest BCUT2D eigenvalue weighted by atomic mass is 16.5. The molecule has 0 radical (unpaired) electrons. The molecule has 19 heavy (non-hydrogen) atoms. The fourth-order valence-corrected chi connectivity index (χ4v) is 2.30. The van der Waals surface area contributed by atoms with E-state index in [4.69, 9.17) is 10.00 Å². The predicted octanol–water partition coefficient (Wildman–Crippen LogP) is 1.42. The fourth-order valence-electron chi connectivity index (χ4n) is 2.30. The van der Waals surface area contributed by atoms with Crippen LogP contribution in [-0.4, -0.2) is 44.2 Å². The zero-order chi connectivity index (χ0) is 14.1. The van der Waals surface area contributed by atoms with E-state index < -0.39 is 0 Å². The van der Waals surface area contributed by atoms with Crippen LogP contribution in [0.5, 0.6) is 0 Å². The summed E-state index contributed by atoms with van der Waals surface area (Å²) in [5.41, 5.74) is 0.157. The van der Waals surface area contributed by atoms with Crippen LogP contribution in [0.15, 0.2) is 11.8 Å². The van der Waals surface area contributed by atoms with Gasteiger partial charge in [-0.2, -0.15) is 5.26 Å². The molecule has 0 saturated heterocycles. The van der Waals surface area contributed by atoms with Crippen LogP contribution in [0.25, 0.3) is 0 Å². The third kappa shape index (κ3) is 5.31. The summed E-state index contributed by atoms with van der Waals surface area (Å²) in [7, 11) is 3.51. The van der Waals surface area contributed by atoms with Crippen molar-refractivity contribution in [2.45, 2.75) is 38.1 Å². The summed E-state index contributed by atoms with van der Waals surface area (Å²) in [5.74, 6) is -0.331. The standard InChI is InChI=1S/C14H23N3O2/c1-17(13-6-4-3-5-7-13)11-12(10-15)14(18)16-8-9-19-2/h11,13H,3-9H2,1-2H3,(H,16,18)/b12-11-. The van der Waals surface area contributed by atoms with Crippen molar-refractivity contribution in [2.24, 2.45) is 0 Å². The SMILES string of the molecule is COCCNC(=O)/C(C#N)=C\N(C)C1CCCCC1. The molecule has 0 atom stereocenters. The first-order valence-corrected chi connectivity index (χ1v) is 6.80. The Morgan fingerprint density at radius 2 is 2.16 bits per heavy atom. The maximum Gasteiger partial charge on any atom is 0.263 e. The number of carbonyl (C=O) groups excluding carboxylic acids is 1. The Kier molecular flexibility index (Phi) is 6.98. The highest BCUT2D eigenvalue weighted by molar-refractivity contribution is 5.97. The highest BCUT2D eigenvalue weighted by Gasteiger charge is 2.17. The number of nitrogens with one attached hydrogen (secondary N) is 1. The van der Waals surface area contributed by atoms with Crippen molar-refractivity contribution in [1.29, 1.82) is 5.26 Å². The van der Waals surface area contributed by atoms with Gasteiger partial charge in [0.15, 0.2) is 0 Å². The van der Waals surface area contributed by atoms with Gasteiger partial charge in [-0.15, -0.1) is 0 Å². The van der Waals surface area contributed by atoms with Gasteiger partial charge in [0.2, 0.25) is 0 Å². The molecule has 0 unspecified atom stereocenters. The summed E-state index contributed by atoms with van der Waals surface area (Å²) < 4.78 is 4.85. The molecule has 0 aromatic carbocycles. The maximum absolute atomic E-state index is 11.8. The summed E-state index contributed by atoms with van der Waals surface area (Å²) in [4.78, 5) is 13.8. The van der Waals surface area contributed by atoms with Crippen molar-refractivity contribution in [1.82, 2.24) is 10.2 Å². The van der Waals surface area contributed by atoms with E-state index in [9.17, 15) is 4.79 Å². The number of hydrogen-bond acceptors (Lipinski definition) is 4. The Morgan fingerprint density at radius 3 is 2.74 bits per heavy atom. The Balaban J connectivity index is 2.54. The van der Waals surface area contributed by atoms with Crippen molar-refractivity contribution in [3.63, 3.8) is 0 Å².